The molecule has 0 radical (unpaired) electrons. The summed E-state index contributed by atoms with van der Waals surface area (Å²) in [6.45, 7) is -0.254. The number of nitrogens with zero attached hydrogens (tertiary/aromatic N) is 2. The number of aromatic nitrogens is 2. The molecule has 0 aliphatic carbocycles. The SMILES string of the molecule is Cn1c(NC(=O)NC(C)(C(F)(F)F)C(F)(F)F)cc(=O)n(C)c1=O. The molecule has 2 amide bonds. The van der Waals surface area contributed by atoms with Crippen molar-refractivity contribution in [2.24, 2.45) is 14.1 Å². The predicted molar refractivity (Wildman–Crippen MR) is 69.6 cm³/mol. The third-order valence-corrected chi connectivity index (χ3v) is 3.27. The lowest BCUT2D eigenvalue weighted by molar-refractivity contribution is -0.297. The highest BCUT2D eigenvalue weighted by Gasteiger charge is 2.68. The third kappa shape index (κ3) is 3.38. The summed E-state index contributed by atoms with van der Waals surface area (Å²) in [6, 6.07) is -1.23. The quantitative estimate of drug-likeness (QED) is 0.773. The lowest BCUT2D eigenvalue weighted by atomic mass is 10.0. The first kappa shape index (κ1) is 19.6. The summed E-state index contributed by atoms with van der Waals surface area (Å²) >= 11 is 0. The predicted octanol–water partition coefficient (Wildman–Crippen LogP) is 1.09. The zero-order chi connectivity index (χ0) is 19.1. The number of alkyl halides is 6. The van der Waals surface area contributed by atoms with E-state index in [1.807, 2.05) is 0 Å². The Morgan fingerprint density at radius 2 is 1.46 bits per heavy atom. The summed E-state index contributed by atoms with van der Waals surface area (Å²) in [4.78, 5) is 34.5. The summed E-state index contributed by atoms with van der Waals surface area (Å²) in [5.74, 6) is -0.577. The van der Waals surface area contributed by atoms with Gasteiger partial charge in [0, 0.05) is 20.2 Å². The van der Waals surface area contributed by atoms with E-state index in [0.29, 0.717) is 15.2 Å². The van der Waals surface area contributed by atoms with Crippen molar-refractivity contribution in [2.75, 3.05) is 5.32 Å². The molecule has 13 heteroatoms. The highest BCUT2D eigenvalue weighted by molar-refractivity contribution is 5.89. The van der Waals surface area contributed by atoms with Crippen LogP contribution in [0.2, 0.25) is 0 Å². The van der Waals surface area contributed by atoms with E-state index >= 15 is 0 Å². The van der Waals surface area contributed by atoms with Crippen LogP contribution in [0.3, 0.4) is 0 Å². The zero-order valence-corrected chi connectivity index (χ0v) is 12.5. The Labute approximate surface area is 129 Å². The molecule has 2 N–H and O–H groups in total. The van der Waals surface area contributed by atoms with Gasteiger partial charge in [0.1, 0.15) is 5.82 Å². The topological polar surface area (TPSA) is 85.1 Å². The monoisotopic (exact) mass is 362 g/mol. The number of anilines is 1. The van der Waals surface area contributed by atoms with Gasteiger partial charge in [0.25, 0.3) is 5.56 Å². The van der Waals surface area contributed by atoms with Gasteiger partial charge in [0.05, 0.1) is 0 Å². The van der Waals surface area contributed by atoms with E-state index in [4.69, 9.17) is 0 Å². The number of hydrogen-bond acceptors (Lipinski definition) is 3. The molecule has 0 aromatic carbocycles. The van der Waals surface area contributed by atoms with E-state index in [1.54, 1.807) is 5.32 Å². The summed E-state index contributed by atoms with van der Waals surface area (Å²) in [5, 5.41) is 2.40. The number of nitrogens with one attached hydrogen (secondary N) is 2. The zero-order valence-electron chi connectivity index (χ0n) is 12.5. The van der Waals surface area contributed by atoms with Crippen LogP contribution in [0.25, 0.3) is 0 Å². The summed E-state index contributed by atoms with van der Waals surface area (Å²) < 4.78 is 77.4. The minimum absolute atomic E-state index is 0.254. The molecule has 0 saturated carbocycles. The van der Waals surface area contributed by atoms with Gasteiger partial charge in [-0.05, 0) is 6.92 Å². The minimum atomic E-state index is -5.83. The van der Waals surface area contributed by atoms with Crippen molar-refractivity contribution in [1.29, 1.82) is 0 Å². The second kappa shape index (κ2) is 5.87. The van der Waals surface area contributed by atoms with Gasteiger partial charge in [-0.3, -0.25) is 19.2 Å². The maximum Gasteiger partial charge on any atom is 0.420 e. The number of urea groups is 1. The molecule has 24 heavy (non-hydrogen) atoms. The molecule has 0 spiro atoms. The van der Waals surface area contributed by atoms with Crippen molar-refractivity contribution >= 4 is 11.8 Å². The molecule has 0 unspecified atom stereocenters. The van der Waals surface area contributed by atoms with E-state index in [1.165, 1.54) is 0 Å². The van der Waals surface area contributed by atoms with E-state index in [0.717, 1.165) is 19.4 Å². The molecule has 7 nitrogen and oxygen atoms in total. The molecule has 1 aromatic rings. The van der Waals surface area contributed by atoms with Gasteiger partial charge in [-0.1, -0.05) is 0 Å². The van der Waals surface area contributed by atoms with E-state index in [-0.39, 0.29) is 6.92 Å². The van der Waals surface area contributed by atoms with Crippen LogP contribution < -0.4 is 21.9 Å². The Balaban J connectivity index is 3.18. The summed E-state index contributed by atoms with van der Waals surface area (Å²) in [5.41, 5.74) is -6.38. The Hall–Kier alpha value is -2.47. The molecular formula is C11H12F6N4O3. The Morgan fingerprint density at radius 1 is 1.00 bits per heavy atom. The van der Waals surface area contributed by atoms with E-state index in [9.17, 15) is 40.7 Å². The van der Waals surface area contributed by atoms with Gasteiger partial charge >= 0.3 is 24.1 Å². The first-order valence-corrected chi connectivity index (χ1v) is 6.11. The molecule has 0 saturated heterocycles. The molecule has 136 valence electrons. The van der Waals surface area contributed by atoms with Crippen LogP contribution in [0.1, 0.15) is 6.92 Å². The van der Waals surface area contributed by atoms with Gasteiger partial charge in [-0.15, -0.1) is 0 Å². The van der Waals surface area contributed by atoms with Crippen LogP contribution in [0.4, 0.5) is 37.0 Å². The number of hydrogen-bond donors (Lipinski definition) is 2. The smallest absolute Gasteiger partial charge is 0.316 e. The fraction of sp³-hybridized carbons (Fsp3) is 0.545. The number of amides is 2. The second-order valence-corrected chi connectivity index (χ2v) is 4.97. The number of halogens is 6. The van der Waals surface area contributed by atoms with Crippen LogP contribution in [-0.4, -0.2) is 33.1 Å². The van der Waals surface area contributed by atoms with Gasteiger partial charge < -0.3 is 5.32 Å². The molecular weight excluding hydrogens is 350 g/mol. The third-order valence-electron chi connectivity index (χ3n) is 3.27. The highest BCUT2D eigenvalue weighted by atomic mass is 19.4. The first-order chi connectivity index (χ1) is 10.6. The minimum Gasteiger partial charge on any atom is -0.316 e. The molecule has 0 bridgehead atoms. The van der Waals surface area contributed by atoms with E-state index in [2.05, 4.69) is 0 Å². The molecule has 0 fully saturated rings. The van der Waals surface area contributed by atoms with Crippen LogP contribution in [-0.2, 0) is 14.1 Å². The molecule has 0 aliphatic heterocycles. The van der Waals surface area contributed by atoms with Crippen LogP contribution >= 0.6 is 0 Å². The van der Waals surface area contributed by atoms with Gasteiger partial charge in [-0.2, -0.15) is 26.3 Å². The van der Waals surface area contributed by atoms with Gasteiger partial charge in [0.2, 0.25) is 5.54 Å². The Morgan fingerprint density at radius 3 is 1.88 bits per heavy atom. The second-order valence-electron chi connectivity index (χ2n) is 4.97. The molecule has 1 heterocycles. The van der Waals surface area contributed by atoms with Crippen LogP contribution in [0.15, 0.2) is 15.7 Å². The fourth-order valence-corrected chi connectivity index (χ4v) is 1.53. The largest absolute Gasteiger partial charge is 0.420 e. The fourth-order valence-electron chi connectivity index (χ4n) is 1.53. The number of rotatable bonds is 2. The van der Waals surface area contributed by atoms with Crippen molar-refractivity contribution < 1.29 is 31.1 Å². The number of carbonyl (C=O) groups excluding carboxylic acids is 1. The first-order valence-electron chi connectivity index (χ1n) is 6.11. The maximum absolute atomic E-state index is 12.7. The molecule has 0 atom stereocenters. The van der Waals surface area contributed by atoms with Crippen LogP contribution in [0.5, 0.6) is 0 Å². The van der Waals surface area contributed by atoms with E-state index < -0.39 is 41.0 Å². The standard InChI is InChI=1S/C11H12F6N4O3/c1-9(10(12,13)14,11(15,16)17)19-7(23)18-5-4-6(22)21(3)8(24)20(5)2/h4H,1-3H3,(H2,18,19,23). The lowest BCUT2D eigenvalue weighted by Crippen LogP contribution is -2.66. The average molecular weight is 362 g/mol. The molecule has 0 aliphatic rings. The normalized spacial score (nSPS) is 12.9. The Bertz CT molecular complexity index is 747. The van der Waals surface area contributed by atoms with Crippen molar-refractivity contribution in [2.45, 2.75) is 24.8 Å². The Kier molecular flexibility index (Phi) is 4.79. The summed E-state index contributed by atoms with van der Waals surface area (Å²) in [6.07, 6.45) is -11.7. The van der Waals surface area contributed by atoms with Crippen LogP contribution in [0, 0.1) is 0 Å². The van der Waals surface area contributed by atoms with Crippen molar-refractivity contribution in [3.8, 4) is 0 Å². The molecule has 1 rings (SSSR count). The van der Waals surface area contributed by atoms with Crippen molar-refractivity contribution in [3.05, 3.63) is 26.9 Å². The maximum atomic E-state index is 12.7. The van der Waals surface area contributed by atoms with Crippen molar-refractivity contribution in [1.82, 2.24) is 14.5 Å². The van der Waals surface area contributed by atoms with Gasteiger partial charge in [-0.25, -0.2) is 9.59 Å². The summed E-state index contributed by atoms with van der Waals surface area (Å²) in [7, 11) is 2.16. The molecule has 1 aromatic heterocycles. The van der Waals surface area contributed by atoms with Crippen molar-refractivity contribution in [3.63, 3.8) is 0 Å². The van der Waals surface area contributed by atoms with Gasteiger partial charge in [0.15, 0.2) is 0 Å². The highest BCUT2D eigenvalue weighted by Crippen LogP contribution is 2.42. The lowest BCUT2D eigenvalue weighted by Gasteiger charge is -2.34. The average Bonchev–Trinajstić information content (AvgIpc) is 2.39. The number of carbonyl (C=O) groups is 1.